The molecule has 0 saturated carbocycles. The summed E-state index contributed by atoms with van der Waals surface area (Å²) in [6.07, 6.45) is 80.1. The Morgan fingerprint density at radius 3 is 0.737 bits per heavy atom. The largest absolute Gasteiger partial charge is 0.462 e. The highest BCUT2D eigenvalue weighted by atomic mass is 16.6. The highest BCUT2D eigenvalue weighted by Crippen LogP contribution is 2.18. The van der Waals surface area contributed by atoms with E-state index in [4.69, 9.17) is 14.2 Å². The molecule has 0 spiro atoms. The van der Waals surface area contributed by atoms with E-state index in [-0.39, 0.29) is 31.1 Å². The molecule has 0 bridgehead atoms. The summed E-state index contributed by atoms with van der Waals surface area (Å²) in [7, 11) is 0. The zero-order valence-electron chi connectivity index (χ0n) is 51.3. The van der Waals surface area contributed by atoms with Gasteiger partial charge in [-0.05, 0) is 57.8 Å². The molecule has 6 nitrogen and oxygen atoms in total. The Kier molecular flexibility index (Phi) is 63.1. The van der Waals surface area contributed by atoms with Gasteiger partial charge in [0.2, 0.25) is 0 Å². The van der Waals surface area contributed by atoms with E-state index in [1.54, 1.807) is 0 Å². The topological polar surface area (TPSA) is 78.9 Å². The molecule has 0 aliphatic carbocycles. The van der Waals surface area contributed by atoms with Gasteiger partial charge in [-0.3, -0.25) is 14.4 Å². The molecule has 6 heteroatoms. The van der Waals surface area contributed by atoms with Crippen molar-refractivity contribution >= 4 is 17.9 Å². The van der Waals surface area contributed by atoms with Crippen LogP contribution < -0.4 is 0 Å². The third kappa shape index (κ3) is 62.5. The summed E-state index contributed by atoms with van der Waals surface area (Å²) in [6, 6.07) is 0. The zero-order chi connectivity index (χ0) is 55.0. The Hall–Kier alpha value is -2.37. The van der Waals surface area contributed by atoms with Crippen molar-refractivity contribution in [1.29, 1.82) is 0 Å². The molecule has 0 amide bonds. The van der Waals surface area contributed by atoms with Crippen LogP contribution in [0.1, 0.15) is 374 Å². The van der Waals surface area contributed by atoms with Gasteiger partial charge in [-0.1, -0.05) is 333 Å². The van der Waals surface area contributed by atoms with Crippen LogP contribution in [0.4, 0.5) is 0 Å². The Morgan fingerprint density at radius 1 is 0.263 bits per heavy atom. The van der Waals surface area contributed by atoms with Crippen LogP contribution >= 0.6 is 0 Å². The average Bonchev–Trinajstić information content (AvgIpc) is 3.42. The fourth-order valence-corrected chi connectivity index (χ4v) is 10.3. The van der Waals surface area contributed by atoms with Gasteiger partial charge in [0.05, 0.1) is 0 Å². The molecule has 0 aromatic rings. The molecule has 0 heterocycles. The first-order chi connectivity index (χ1) is 37.5. The predicted octanol–water partition coefficient (Wildman–Crippen LogP) is 23.2. The van der Waals surface area contributed by atoms with E-state index in [1.807, 2.05) is 0 Å². The molecule has 76 heavy (non-hydrogen) atoms. The monoisotopic (exact) mass is 1070 g/mol. The van der Waals surface area contributed by atoms with Gasteiger partial charge in [0.25, 0.3) is 0 Å². The van der Waals surface area contributed by atoms with Crippen molar-refractivity contribution in [1.82, 2.24) is 0 Å². The van der Waals surface area contributed by atoms with Crippen LogP contribution in [0.5, 0.6) is 0 Å². The van der Waals surface area contributed by atoms with E-state index in [0.717, 1.165) is 77.0 Å². The van der Waals surface area contributed by atoms with Crippen LogP contribution in [0.2, 0.25) is 0 Å². The van der Waals surface area contributed by atoms with Gasteiger partial charge in [0, 0.05) is 19.3 Å². The number of carbonyl (C=O) groups excluding carboxylic acids is 3. The number of ether oxygens (including phenoxy) is 3. The van der Waals surface area contributed by atoms with Gasteiger partial charge < -0.3 is 14.2 Å². The maximum absolute atomic E-state index is 12.9. The highest BCUT2D eigenvalue weighted by molar-refractivity contribution is 5.71. The molecule has 0 aromatic heterocycles. The quantitative estimate of drug-likeness (QED) is 0.0261. The number of unbranched alkanes of at least 4 members (excludes halogenated alkanes) is 46. The summed E-state index contributed by atoms with van der Waals surface area (Å²) < 4.78 is 17.0. The smallest absolute Gasteiger partial charge is 0.306 e. The van der Waals surface area contributed by atoms with Gasteiger partial charge in [0.15, 0.2) is 6.10 Å². The van der Waals surface area contributed by atoms with Crippen molar-refractivity contribution < 1.29 is 28.6 Å². The molecule has 0 fully saturated rings. The van der Waals surface area contributed by atoms with Crippen LogP contribution in [0.3, 0.4) is 0 Å². The molecule has 1 atom stereocenters. The lowest BCUT2D eigenvalue weighted by Crippen LogP contribution is -2.30. The van der Waals surface area contributed by atoms with E-state index in [0.29, 0.717) is 19.3 Å². The summed E-state index contributed by atoms with van der Waals surface area (Å²) in [5.41, 5.74) is 0. The SMILES string of the molecule is CCCCCCC/C=C\C/C=C\C/C=C\CCCCCCCCCCC(=O)OCC(COC(=O)CCCCCCCCCCCCCCCCC)OC(=O)CCCCCCCCCCCCCCCCCCCCCC. The summed E-state index contributed by atoms with van der Waals surface area (Å²) in [5, 5.41) is 0. The predicted molar refractivity (Wildman–Crippen MR) is 330 cm³/mol. The second-order valence-electron chi connectivity index (χ2n) is 23.1. The number of hydrogen-bond acceptors (Lipinski definition) is 6. The Morgan fingerprint density at radius 2 is 0.474 bits per heavy atom. The van der Waals surface area contributed by atoms with Crippen molar-refractivity contribution in [3.8, 4) is 0 Å². The zero-order valence-corrected chi connectivity index (χ0v) is 51.3. The molecule has 446 valence electrons. The molecule has 0 radical (unpaired) electrons. The fourth-order valence-electron chi connectivity index (χ4n) is 10.3. The van der Waals surface area contributed by atoms with Crippen LogP contribution in [-0.4, -0.2) is 37.2 Å². The van der Waals surface area contributed by atoms with Crippen molar-refractivity contribution in [2.75, 3.05) is 13.2 Å². The summed E-state index contributed by atoms with van der Waals surface area (Å²) in [5.74, 6) is -0.847. The first-order valence-electron chi connectivity index (χ1n) is 34.0. The third-order valence-electron chi connectivity index (χ3n) is 15.4. The molecule has 0 aliphatic heterocycles. The maximum Gasteiger partial charge on any atom is 0.306 e. The van der Waals surface area contributed by atoms with Crippen LogP contribution in [0.15, 0.2) is 36.5 Å². The second kappa shape index (κ2) is 65.2. The minimum Gasteiger partial charge on any atom is -0.462 e. The van der Waals surface area contributed by atoms with Gasteiger partial charge in [-0.2, -0.15) is 0 Å². The van der Waals surface area contributed by atoms with E-state index >= 15 is 0 Å². The van der Waals surface area contributed by atoms with Crippen LogP contribution in [-0.2, 0) is 28.6 Å². The number of hydrogen-bond donors (Lipinski definition) is 0. The lowest BCUT2D eigenvalue weighted by Gasteiger charge is -2.18. The minimum absolute atomic E-state index is 0.0685. The number of carbonyl (C=O) groups is 3. The summed E-state index contributed by atoms with van der Waals surface area (Å²) in [4.78, 5) is 38.4. The summed E-state index contributed by atoms with van der Waals surface area (Å²) in [6.45, 7) is 6.70. The Labute approximate surface area is 474 Å². The standard InChI is InChI=1S/C70H130O6/c1-4-7-10-13-16-19-22-25-28-30-32-34-35-36-38-39-42-45-48-51-54-57-60-63-69(72)75-66-67(65-74-68(71)62-59-56-53-50-47-44-41-27-24-21-18-15-12-9-6-3)76-70(73)64-61-58-55-52-49-46-43-40-37-33-31-29-26-23-20-17-14-11-8-5-2/h22,25,30,32,35-36,67H,4-21,23-24,26-29,31,33-34,37-66H2,1-3H3/b25-22-,32-30-,36-35-. The fraction of sp³-hybridized carbons (Fsp3) is 0.871. The van der Waals surface area contributed by atoms with E-state index in [2.05, 4.69) is 57.2 Å². The van der Waals surface area contributed by atoms with E-state index in [9.17, 15) is 14.4 Å². The van der Waals surface area contributed by atoms with Gasteiger partial charge in [-0.25, -0.2) is 0 Å². The maximum atomic E-state index is 12.9. The first-order valence-corrected chi connectivity index (χ1v) is 34.0. The van der Waals surface area contributed by atoms with E-state index in [1.165, 1.54) is 257 Å². The van der Waals surface area contributed by atoms with Gasteiger partial charge in [0.1, 0.15) is 13.2 Å². The minimum atomic E-state index is -0.772. The van der Waals surface area contributed by atoms with Crippen molar-refractivity contribution in [2.45, 2.75) is 380 Å². The molecule has 1 unspecified atom stereocenters. The molecule has 0 N–H and O–H groups in total. The van der Waals surface area contributed by atoms with E-state index < -0.39 is 6.10 Å². The van der Waals surface area contributed by atoms with Crippen LogP contribution in [0, 0.1) is 0 Å². The normalized spacial score (nSPS) is 12.2. The molecule has 0 rings (SSSR count). The lowest BCUT2D eigenvalue weighted by molar-refractivity contribution is -0.167. The molecular formula is C70H130O6. The lowest BCUT2D eigenvalue weighted by atomic mass is 10.0. The molecule has 0 aromatic carbocycles. The third-order valence-corrected chi connectivity index (χ3v) is 15.4. The molecule has 0 aliphatic rings. The number of allylic oxidation sites excluding steroid dienone is 6. The average molecular weight is 1070 g/mol. The van der Waals surface area contributed by atoms with Gasteiger partial charge in [-0.15, -0.1) is 0 Å². The Bertz CT molecular complexity index is 1270. The highest BCUT2D eigenvalue weighted by Gasteiger charge is 2.19. The number of esters is 3. The van der Waals surface area contributed by atoms with Gasteiger partial charge >= 0.3 is 17.9 Å². The molecular weight excluding hydrogens is 937 g/mol. The van der Waals surface area contributed by atoms with Crippen molar-refractivity contribution in [3.63, 3.8) is 0 Å². The first kappa shape index (κ1) is 73.6. The van der Waals surface area contributed by atoms with Crippen LogP contribution in [0.25, 0.3) is 0 Å². The van der Waals surface area contributed by atoms with Crippen molar-refractivity contribution in [3.05, 3.63) is 36.5 Å². The Balaban J connectivity index is 4.31. The summed E-state index contributed by atoms with van der Waals surface area (Å²) >= 11 is 0. The molecule has 0 saturated heterocycles. The number of rotatable bonds is 63. The van der Waals surface area contributed by atoms with Crippen molar-refractivity contribution in [2.24, 2.45) is 0 Å². The second-order valence-corrected chi connectivity index (χ2v) is 23.1.